The summed E-state index contributed by atoms with van der Waals surface area (Å²) in [6, 6.07) is 26.3. The molecule has 3 aromatic carbocycles. The lowest BCUT2D eigenvalue weighted by Crippen LogP contribution is -2.53. The number of amides is 1. The summed E-state index contributed by atoms with van der Waals surface area (Å²) in [4.78, 5) is 15.4. The van der Waals surface area contributed by atoms with Crippen molar-refractivity contribution in [2.24, 2.45) is 0 Å². The average molecular weight is 496 g/mol. The maximum absolute atomic E-state index is 12.9. The SMILES string of the molecule is CC1(NC(=O)c2c(Cl)cccc2Cl)CCN(CC[C@H](Nc2ccccc2)c2ccccc2)CC1. The van der Waals surface area contributed by atoms with Gasteiger partial charge in [0.05, 0.1) is 21.7 Å². The summed E-state index contributed by atoms with van der Waals surface area (Å²) in [7, 11) is 0. The first-order valence-corrected chi connectivity index (χ1v) is 12.5. The normalized spacial score (nSPS) is 16.6. The minimum Gasteiger partial charge on any atom is -0.378 e. The molecule has 1 amide bonds. The molecule has 1 aliphatic heterocycles. The van der Waals surface area contributed by atoms with Gasteiger partial charge in [-0.1, -0.05) is 77.8 Å². The number of rotatable bonds is 8. The molecule has 0 radical (unpaired) electrons. The first-order chi connectivity index (χ1) is 16.4. The third-order valence-electron chi connectivity index (χ3n) is 6.62. The van der Waals surface area contributed by atoms with Gasteiger partial charge in [-0.2, -0.15) is 0 Å². The number of benzene rings is 3. The van der Waals surface area contributed by atoms with Crippen LogP contribution in [0.3, 0.4) is 0 Å². The van der Waals surface area contributed by atoms with Crippen LogP contribution in [0.15, 0.2) is 78.9 Å². The van der Waals surface area contributed by atoms with E-state index in [1.807, 2.05) is 6.07 Å². The Balaban J connectivity index is 1.33. The first-order valence-electron chi connectivity index (χ1n) is 11.8. The first kappa shape index (κ1) is 24.6. The number of anilines is 1. The van der Waals surface area contributed by atoms with Crippen LogP contribution in [-0.2, 0) is 0 Å². The highest BCUT2D eigenvalue weighted by atomic mass is 35.5. The molecule has 0 aliphatic carbocycles. The smallest absolute Gasteiger partial charge is 0.254 e. The van der Waals surface area contributed by atoms with E-state index in [0.29, 0.717) is 15.6 Å². The number of hydrogen-bond donors (Lipinski definition) is 2. The maximum atomic E-state index is 12.9. The zero-order valence-electron chi connectivity index (χ0n) is 19.4. The molecule has 0 aromatic heterocycles. The largest absolute Gasteiger partial charge is 0.378 e. The van der Waals surface area contributed by atoms with Crippen molar-refractivity contribution in [3.8, 4) is 0 Å². The summed E-state index contributed by atoms with van der Waals surface area (Å²) < 4.78 is 0. The fourth-order valence-electron chi connectivity index (χ4n) is 4.50. The van der Waals surface area contributed by atoms with Crippen molar-refractivity contribution in [1.82, 2.24) is 10.2 Å². The number of piperidine rings is 1. The highest BCUT2D eigenvalue weighted by molar-refractivity contribution is 6.39. The van der Waals surface area contributed by atoms with Gasteiger partial charge in [-0.3, -0.25) is 4.79 Å². The Kier molecular flexibility index (Phi) is 8.15. The van der Waals surface area contributed by atoms with Crippen LogP contribution >= 0.6 is 23.2 Å². The van der Waals surface area contributed by atoms with Gasteiger partial charge in [-0.25, -0.2) is 0 Å². The van der Waals surface area contributed by atoms with Crippen LogP contribution in [0.4, 0.5) is 5.69 Å². The second-order valence-electron chi connectivity index (χ2n) is 9.22. The highest BCUT2D eigenvalue weighted by Crippen LogP contribution is 2.28. The second-order valence-corrected chi connectivity index (χ2v) is 10.0. The van der Waals surface area contributed by atoms with Crippen LogP contribution in [0.1, 0.15) is 48.1 Å². The molecule has 4 rings (SSSR count). The second kappa shape index (κ2) is 11.3. The van der Waals surface area contributed by atoms with Gasteiger partial charge >= 0.3 is 0 Å². The van der Waals surface area contributed by atoms with Gasteiger partial charge in [-0.15, -0.1) is 0 Å². The van der Waals surface area contributed by atoms with Crippen molar-refractivity contribution >= 4 is 34.8 Å². The number of para-hydroxylation sites is 1. The third-order valence-corrected chi connectivity index (χ3v) is 7.25. The summed E-state index contributed by atoms with van der Waals surface area (Å²) in [5.74, 6) is -0.206. The lowest BCUT2D eigenvalue weighted by molar-refractivity contribution is 0.0832. The zero-order chi connectivity index (χ0) is 24.0. The molecule has 1 atom stereocenters. The van der Waals surface area contributed by atoms with Gasteiger partial charge < -0.3 is 15.5 Å². The summed E-state index contributed by atoms with van der Waals surface area (Å²) in [5.41, 5.74) is 2.49. The minimum atomic E-state index is -0.281. The molecular weight excluding hydrogens is 465 g/mol. The molecule has 1 heterocycles. The highest BCUT2D eigenvalue weighted by Gasteiger charge is 2.32. The monoisotopic (exact) mass is 495 g/mol. The number of nitrogens with one attached hydrogen (secondary N) is 2. The summed E-state index contributed by atoms with van der Waals surface area (Å²) in [6.45, 7) is 4.95. The van der Waals surface area contributed by atoms with Crippen molar-refractivity contribution in [2.75, 3.05) is 25.0 Å². The van der Waals surface area contributed by atoms with E-state index < -0.39 is 0 Å². The maximum Gasteiger partial charge on any atom is 0.254 e. The molecular formula is C28H31Cl2N3O. The number of halogens is 2. The number of carbonyl (C=O) groups is 1. The van der Waals surface area contributed by atoms with Gasteiger partial charge in [0.2, 0.25) is 0 Å². The fraction of sp³-hybridized carbons (Fsp3) is 0.321. The van der Waals surface area contributed by atoms with Gasteiger partial charge in [0, 0.05) is 30.9 Å². The Labute approximate surface area is 212 Å². The van der Waals surface area contributed by atoms with Crippen molar-refractivity contribution in [2.45, 2.75) is 37.8 Å². The third kappa shape index (κ3) is 6.32. The van der Waals surface area contributed by atoms with Crippen molar-refractivity contribution in [3.63, 3.8) is 0 Å². The molecule has 4 nitrogen and oxygen atoms in total. The zero-order valence-corrected chi connectivity index (χ0v) is 20.9. The molecule has 0 unspecified atom stereocenters. The van der Waals surface area contributed by atoms with E-state index in [0.717, 1.165) is 44.6 Å². The molecule has 1 saturated heterocycles. The van der Waals surface area contributed by atoms with Crippen molar-refractivity contribution in [1.29, 1.82) is 0 Å². The molecule has 1 aliphatic rings. The van der Waals surface area contributed by atoms with Crippen LogP contribution < -0.4 is 10.6 Å². The van der Waals surface area contributed by atoms with E-state index in [1.165, 1.54) is 5.56 Å². The molecule has 1 fully saturated rings. The Hall–Kier alpha value is -2.53. The molecule has 0 spiro atoms. The van der Waals surface area contributed by atoms with Crippen LogP contribution in [0.5, 0.6) is 0 Å². The number of nitrogens with zero attached hydrogens (tertiary/aromatic N) is 1. The molecule has 6 heteroatoms. The quantitative estimate of drug-likeness (QED) is 0.360. The number of hydrogen-bond acceptors (Lipinski definition) is 3. The van der Waals surface area contributed by atoms with E-state index in [2.05, 4.69) is 77.1 Å². The lowest BCUT2D eigenvalue weighted by atomic mass is 9.89. The van der Waals surface area contributed by atoms with E-state index in [1.54, 1.807) is 18.2 Å². The minimum absolute atomic E-state index is 0.206. The summed E-state index contributed by atoms with van der Waals surface area (Å²) >= 11 is 12.5. The molecule has 34 heavy (non-hydrogen) atoms. The van der Waals surface area contributed by atoms with E-state index in [-0.39, 0.29) is 17.5 Å². The standard InChI is InChI=1S/C28H31Cl2N3O/c1-28(32-27(34)26-23(29)13-8-14-24(26)30)16-19-33(20-17-28)18-15-25(21-9-4-2-5-10-21)31-22-11-6-3-7-12-22/h2-14,25,31H,15-20H2,1H3,(H,32,34)/t25-/m0/s1. The van der Waals surface area contributed by atoms with Gasteiger partial charge in [0.25, 0.3) is 5.91 Å². The van der Waals surface area contributed by atoms with Gasteiger partial charge in [-0.05, 0) is 56.0 Å². The predicted molar refractivity (Wildman–Crippen MR) is 142 cm³/mol. The number of carbonyl (C=O) groups excluding carboxylic acids is 1. The molecule has 3 aromatic rings. The van der Waals surface area contributed by atoms with Crippen molar-refractivity contribution < 1.29 is 4.79 Å². The summed E-state index contributed by atoms with van der Waals surface area (Å²) in [6.07, 6.45) is 2.75. The molecule has 2 N–H and O–H groups in total. The Bertz CT molecular complexity index is 1060. The Morgan fingerprint density at radius 2 is 1.50 bits per heavy atom. The Morgan fingerprint density at radius 1 is 0.912 bits per heavy atom. The fourth-order valence-corrected chi connectivity index (χ4v) is 5.07. The van der Waals surface area contributed by atoms with E-state index >= 15 is 0 Å². The van der Waals surface area contributed by atoms with Crippen LogP contribution in [0.2, 0.25) is 10.0 Å². The topological polar surface area (TPSA) is 44.4 Å². The van der Waals surface area contributed by atoms with Crippen LogP contribution in [0, 0.1) is 0 Å². The van der Waals surface area contributed by atoms with Gasteiger partial charge in [0.1, 0.15) is 0 Å². The molecule has 178 valence electrons. The number of likely N-dealkylation sites (tertiary alicyclic amines) is 1. The average Bonchev–Trinajstić information content (AvgIpc) is 2.84. The van der Waals surface area contributed by atoms with E-state index in [9.17, 15) is 4.79 Å². The summed E-state index contributed by atoms with van der Waals surface area (Å²) in [5, 5.41) is 7.64. The van der Waals surface area contributed by atoms with E-state index in [4.69, 9.17) is 23.2 Å². The van der Waals surface area contributed by atoms with Crippen molar-refractivity contribution in [3.05, 3.63) is 100 Å². The van der Waals surface area contributed by atoms with Gasteiger partial charge in [0.15, 0.2) is 0 Å². The molecule has 0 saturated carbocycles. The lowest BCUT2D eigenvalue weighted by Gasteiger charge is -2.40. The van der Waals surface area contributed by atoms with Crippen LogP contribution in [0.25, 0.3) is 0 Å². The predicted octanol–water partition coefficient (Wildman–Crippen LogP) is 6.82. The Morgan fingerprint density at radius 3 is 2.12 bits per heavy atom. The molecule has 0 bridgehead atoms. The van der Waals surface area contributed by atoms with Crippen LogP contribution in [-0.4, -0.2) is 36.0 Å².